The number of hydrogen-bond donors (Lipinski definition) is 2. The van der Waals surface area contributed by atoms with Gasteiger partial charge >= 0.3 is 5.97 Å². The molecule has 17 heavy (non-hydrogen) atoms. The van der Waals surface area contributed by atoms with Crippen LogP contribution in [0.25, 0.3) is 11.0 Å². The summed E-state index contributed by atoms with van der Waals surface area (Å²) in [6.07, 6.45) is 1.53. The zero-order chi connectivity index (χ0) is 12.6. The van der Waals surface area contributed by atoms with Crippen LogP contribution in [0.1, 0.15) is 18.2 Å². The molecular formula is C11H12N4O2. The van der Waals surface area contributed by atoms with Crippen molar-refractivity contribution < 1.29 is 9.63 Å². The van der Waals surface area contributed by atoms with Crippen LogP contribution < -0.4 is 10.6 Å². The predicted molar refractivity (Wildman–Crippen MR) is 62.7 cm³/mol. The molecule has 2 aromatic heterocycles. The Hall–Kier alpha value is -2.37. The molecule has 0 aliphatic heterocycles. The van der Waals surface area contributed by atoms with E-state index < -0.39 is 5.97 Å². The lowest BCUT2D eigenvalue weighted by Gasteiger charge is -2.05. The minimum atomic E-state index is -0.430. The Morgan fingerprint density at radius 1 is 1.59 bits per heavy atom. The number of nitrogens with zero attached hydrogens (tertiary/aromatic N) is 2. The van der Waals surface area contributed by atoms with Crippen LogP contribution in [0.5, 0.6) is 0 Å². The van der Waals surface area contributed by atoms with E-state index in [1.807, 2.05) is 0 Å². The van der Waals surface area contributed by atoms with E-state index in [9.17, 15) is 4.79 Å². The van der Waals surface area contributed by atoms with Crippen LogP contribution in [0, 0.1) is 12.3 Å². The number of aryl methyl sites for hydroxylation is 1. The molecule has 0 bridgehead atoms. The molecule has 3 N–H and O–H groups in total. The molecule has 0 saturated heterocycles. The fourth-order valence-corrected chi connectivity index (χ4v) is 1.68. The Kier molecular flexibility index (Phi) is 2.55. The molecule has 0 radical (unpaired) electrons. The third-order valence-corrected chi connectivity index (χ3v) is 2.35. The number of nitrogen functional groups attached to an aromatic ring is 1. The molecule has 0 aliphatic carbocycles. The van der Waals surface area contributed by atoms with E-state index in [1.54, 1.807) is 19.1 Å². The topological polar surface area (TPSA) is 94.0 Å². The lowest BCUT2D eigenvalue weighted by atomic mass is 10.1. The first-order valence-corrected chi connectivity index (χ1v) is 5.01. The van der Waals surface area contributed by atoms with Gasteiger partial charge in [0.05, 0.1) is 5.69 Å². The van der Waals surface area contributed by atoms with Crippen molar-refractivity contribution in [3.8, 4) is 0 Å². The Morgan fingerprint density at radius 2 is 2.29 bits per heavy atom. The molecule has 6 heteroatoms. The quantitative estimate of drug-likeness (QED) is 0.585. The molecule has 88 valence electrons. The molecule has 2 rings (SSSR count). The highest BCUT2D eigenvalue weighted by molar-refractivity contribution is 6.06. The van der Waals surface area contributed by atoms with Crippen LogP contribution in [0.3, 0.4) is 0 Å². The second kappa shape index (κ2) is 3.89. The third-order valence-electron chi connectivity index (χ3n) is 2.35. The SMILES string of the molecule is CC(=O)On1c(C)cc2c(C(=N)N)ccnc21. The van der Waals surface area contributed by atoms with Gasteiger partial charge in [0.2, 0.25) is 0 Å². The maximum Gasteiger partial charge on any atom is 0.329 e. The molecular weight excluding hydrogens is 220 g/mol. The van der Waals surface area contributed by atoms with E-state index >= 15 is 0 Å². The molecule has 0 saturated carbocycles. The van der Waals surface area contributed by atoms with E-state index in [4.69, 9.17) is 16.0 Å². The Balaban J connectivity index is 2.71. The maximum atomic E-state index is 11.0. The van der Waals surface area contributed by atoms with Crippen molar-refractivity contribution in [1.29, 1.82) is 5.41 Å². The highest BCUT2D eigenvalue weighted by atomic mass is 16.7. The zero-order valence-corrected chi connectivity index (χ0v) is 9.52. The minimum absolute atomic E-state index is 0.0441. The van der Waals surface area contributed by atoms with Gasteiger partial charge in [-0.15, -0.1) is 0 Å². The largest absolute Gasteiger partial charge is 0.384 e. The summed E-state index contributed by atoms with van der Waals surface area (Å²) in [5.74, 6) is -0.474. The monoisotopic (exact) mass is 232 g/mol. The maximum absolute atomic E-state index is 11.0. The highest BCUT2D eigenvalue weighted by Crippen LogP contribution is 2.20. The average Bonchev–Trinajstić information content (AvgIpc) is 2.54. The van der Waals surface area contributed by atoms with Crippen LogP contribution in [-0.4, -0.2) is 21.5 Å². The van der Waals surface area contributed by atoms with Gasteiger partial charge in [0.1, 0.15) is 5.84 Å². The summed E-state index contributed by atoms with van der Waals surface area (Å²) >= 11 is 0. The number of amidine groups is 1. The van der Waals surface area contributed by atoms with E-state index in [2.05, 4.69) is 4.98 Å². The van der Waals surface area contributed by atoms with Gasteiger partial charge in [-0.05, 0) is 19.1 Å². The molecule has 0 unspecified atom stereocenters. The number of aromatic nitrogens is 2. The molecule has 2 heterocycles. The molecule has 0 amide bonds. The van der Waals surface area contributed by atoms with Gasteiger partial charge in [-0.3, -0.25) is 5.41 Å². The number of nitrogens with two attached hydrogens (primary N) is 1. The third kappa shape index (κ3) is 1.84. The van der Waals surface area contributed by atoms with Crippen molar-refractivity contribution in [3.05, 3.63) is 29.6 Å². The number of carbonyl (C=O) groups is 1. The van der Waals surface area contributed by atoms with E-state index in [0.29, 0.717) is 16.6 Å². The number of fused-ring (bicyclic) bond motifs is 1. The van der Waals surface area contributed by atoms with Crippen molar-refractivity contribution in [2.45, 2.75) is 13.8 Å². The standard InChI is InChI=1S/C11H12N4O2/c1-6-5-9-8(10(12)13)3-4-14-11(9)15(6)17-7(2)16/h3-5H,1-2H3,(H3,12,13). The zero-order valence-electron chi connectivity index (χ0n) is 9.52. The first-order chi connectivity index (χ1) is 8.00. The van der Waals surface area contributed by atoms with Gasteiger partial charge < -0.3 is 10.6 Å². The smallest absolute Gasteiger partial charge is 0.329 e. The lowest BCUT2D eigenvalue weighted by Crippen LogP contribution is -2.18. The van der Waals surface area contributed by atoms with Crippen molar-refractivity contribution in [3.63, 3.8) is 0 Å². The minimum Gasteiger partial charge on any atom is -0.384 e. The van der Waals surface area contributed by atoms with Gasteiger partial charge in [0.15, 0.2) is 5.65 Å². The summed E-state index contributed by atoms with van der Waals surface area (Å²) in [4.78, 5) is 20.2. The van der Waals surface area contributed by atoms with E-state index in [-0.39, 0.29) is 5.84 Å². The lowest BCUT2D eigenvalue weighted by molar-refractivity contribution is -0.141. The van der Waals surface area contributed by atoms with Gasteiger partial charge in [0.25, 0.3) is 0 Å². The highest BCUT2D eigenvalue weighted by Gasteiger charge is 2.13. The van der Waals surface area contributed by atoms with Crippen molar-refractivity contribution in [1.82, 2.24) is 9.71 Å². The number of hydrogen-bond acceptors (Lipinski definition) is 4. The molecule has 6 nitrogen and oxygen atoms in total. The van der Waals surface area contributed by atoms with Crippen LogP contribution in [-0.2, 0) is 4.79 Å². The number of rotatable bonds is 2. The summed E-state index contributed by atoms with van der Waals surface area (Å²) in [6, 6.07) is 3.43. The average molecular weight is 232 g/mol. The van der Waals surface area contributed by atoms with Gasteiger partial charge in [-0.25, -0.2) is 9.78 Å². The molecule has 0 atom stereocenters. The first kappa shape index (κ1) is 11.1. The van der Waals surface area contributed by atoms with Crippen molar-refractivity contribution in [2.75, 3.05) is 0 Å². The number of pyridine rings is 1. The number of carbonyl (C=O) groups excluding carboxylic acids is 1. The van der Waals surface area contributed by atoms with Crippen LogP contribution in [0.4, 0.5) is 0 Å². The van der Waals surface area contributed by atoms with Crippen LogP contribution in [0.2, 0.25) is 0 Å². The second-order valence-electron chi connectivity index (χ2n) is 3.67. The van der Waals surface area contributed by atoms with Crippen LogP contribution in [0.15, 0.2) is 18.3 Å². The summed E-state index contributed by atoms with van der Waals surface area (Å²) < 4.78 is 1.34. The van der Waals surface area contributed by atoms with Crippen LogP contribution >= 0.6 is 0 Å². The number of nitrogens with one attached hydrogen (secondary N) is 1. The summed E-state index contributed by atoms with van der Waals surface area (Å²) in [6.45, 7) is 3.11. The Bertz CT molecular complexity index is 615. The molecule has 2 aromatic rings. The Morgan fingerprint density at radius 3 is 2.88 bits per heavy atom. The molecule has 0 fully saturated rings. The fourth-order valence-electron chi connectivity index (χ4n) is 1.68. The Labute approximate surface area is 97.5 Å². The summed E-state index contributed by atoms with van der Waals surface area (Å²) in [5.41, 5.74) is 7.25. The van der Waals surface area contributed by atoms with Gasteiger partial charge in [0, 0.05) is 24.1 Å². The first-order valence-electron chi connectivity index (χ1n) is 5.01. The fraction of sp³-hybridized carbons (Fsp3) is 0.182. The van der Waals surface area contributed by atoms with Crippen molar-refractivity contribution in [2.24, 2.45) is 5.73 Å². The summed E-state index contributed by atoms with van der Waals surface area (Å²) in [5, 5.41) is 8.17. The predicted octanol–water partition coefficient (Wildman–Crippen LogP) is 0.604. The van der Waals surface area contributed by atoms with Gasteiger partial charge in [-0.1, -0.05) is 0 Å². The van der Waals surface area contributed by atoms with E-state index in [1.165, 1.54) is 17.9 Å². The summed E-state index contributed by atoms with van der Waals surface area (Å²) in [7, 11) is 0. The molecule has 0 spiro atoms. The van der Waals surface area contributed by atoms with Crippen molar-refractivity contribution >= 4 is 22.8 Å². The van der Waals surface area contributed by atoms with E-state index in [0.717, 1.165) is 5.69 Å². The molecule has 0 aliphatic rings. The normalized spacial score (nSPS) is 10.5. The molecule has 0 aromatic carbocycles. The second-order valence-corrected chi connectivity index (χ2v) is 3.67. The van der Waals surface area contributed by atoms with Gasteiger partial charge in [-0.2, -0.15) is 4.73 Å².